The quantitative estimate of drug-likeness (QED) is 0.885. The number of carbonyl (C=O) groups is 1. The van der Waals surface area contributed by atoms with Crippen molar-refractivity contribution in [1.82, 2.24) is 4.90 Å². The number of benzene rings is 1. The van der Waals surface area contributed by atoms with Gasteiger partial charge in [-0.05, 0) is 37.1 Å². The highest BCUT2D eigenvalue weighted by molar-refractivity contribution is 7.90. The topological polar surface area (TPSA) is 74.7 Å². The minimum atomic E-state index is -3.24. The molecule has 0 spiro atoms. The average Bonchev–Trinajstić information content (AvgIpc) is 2.85. The van der Waals surface area contributed by atoms with E-state index >= 15 is 0 Å². The molecule has 1 saturated heterocycles. The van der Waals surface area contributed by atoms with E-state index in [1.54, 1.807) is 4.90 Å². The lowest BCUT2D eigenvalue weighted by molar-refractivity contribution is 0.0677. The highest BCUT2D eigenvalue weighted by Crippen LogP contribution is 2.20. The van der Waals surface area contributed by atoms with Gasteiger partial charge in [-0.2, -0.15) is 0 Å². The van der Waals surface area contributed by atoms with E-state index in [4.69, 9.17) is 0 Å². The van der Waals surface area contributed by atoms with Gasteiger partial charge in [-0.15, -0.1) is 0 Å². The number of likely N-dealkylation sites (tertiary alicyclic amines) is 1. The second kappa shape index (κ2) is 5.30. The fourth-order valence-corrected chi connectivity index (χ4v) is 2.93. The predicted octanol–water partition coefficient (Wildman–Crippen LogP) is 0.687. The van der Waals surface area contributed by atoms with Crippen molar-refractivity contribution in [2.24, 2.45) is 0 Å². The van der Waals surface area contributed by atoms with Crippen LogP contribution in [0.1, 0.15) is 23.2 Å². The van der Waals surface area contributed by atoms with Gasteiger partial charge in [0.05, 0.1) is 17.5 Å². The molecule has 0 aliphatic carbocycles. The Balaban J connectivity index is 2.21. The smallest absolute Gasteiger partial charge is 0.254 e. The molecule has 0 aromatic heterocycles. The van der Waals surface area contributed by atoms with Crippen LogP contribution in [0.5, 0.6) is 0 Å². The van der Waals surface area contributed by atoms with E-state index < -0.39 is 9.84 Å². The molecule has 104 valence electrons. The van der Waals surface area contributed by atoms with Crippen LogP contribution < -0.4 is 0 Å². The molecular formula is C13H17NO4S. The Bertz CT molecular complexity index is 565. The van der Waals surface area contributed by atoms with Crippen molar-refractivity contribution < 1.29 is 18.3 Å². The van der Waals surface area contributed by atoms with Gasteiger partial charge in [0.2, 0.25) is 0 Å². The molecule has 1 aromatic carbocycles. The number of carbonyl (C=O) groups excluding carboxylic acids is 1. The van der Waals surface area contributed by atoms with E-state index in [-0.39, 0.29) is 23.5 Å². The molecule has 1 atom stereocenters. The minimum absolute atomic E-state index is 0.0346. The molecule has 0 radical (unpaired) electrons. The normalized spacial score (nSPS) is 19.7. The first-order chi connectivity index (χ1) is 8.93. The molecule has 19 heavy (non-hydrogen) atoms. The number of sulfone groups is 1. The van der Waals surface area contributed by atoms with Crippen LogP contribution in [0.25, 0.3) is 0 Å². The number of rotatable bonds is 3. The predicted molar refractivity (Wildman–Crippen MR) is 70.7 cm³/mol. The van der Waals surface area contributed by atoms with Crippen LogP contribution in [0, 0.1) is 0 Å². The summed E-state index contributed by atoms with van der Waals surface area (Å²) in [6.45, 7) is 0.602. The molecule has 1 N–H and O–H groups in total. The minimum Gasteiger partial charge on any atom is -0.394 e. The van der Waals surface area contributed by atoms with Crippen molar-refractivity contribution in [3.05, 3.63) is 29.8 Å². The van der Waals surface area contributed by atoms with Gasteiger partial charge in [0.25, 0.3) is 5.91 Å². The van der Waals surface area contributed by atoms with Gasteiger partial charge < -0.3 is 10.0 Å². The monoisotopic (exact) mass is 283 g/mol. The molecule has 0 bridgehead atoms. The summed E-state index contributed by atoms with van der Waals surface area (Å²) in [4.78, 5) is 14.1. The van der Waals surface area contributed by atoms with Crippen LogP contribution >= 0.6 is 0 Å². The number of nitrogens with zero attached hydrogens (tertiary/aromatic N) is 1. The zero-order valence-electron chi connectivity index (χ0n) is 10.7. The maximum absolute atomic E-state index is 12.2. The fraction of sp³-hybridized carbons (Fsp3) is 0.462. The SMILES string of the molecule is CS(=O)(=O)c1ccc(C(=O)N2CCCC2CO)cc1. The molecule has 1 heterocycles. The van der Waals surface area contributed by atoms with Crippen LogP contribution in [-0.4, -0.2) is 49.8 Å². The van der Waals surface area contributed by atoms with E-state index in [0.29, 0.717) is 12.1 Å². The summed E-state index contributed by atoms with van der Waals surface area (Å²) in [5.41, 5.74) is 0.452. The summed E-state index contributed by atoms with van der Waals surface area (Å²) in [5.74, 6) is -0.156. The third-order valence-electron chi connectivity index (χ3n) is 3.38. The lowest BCUT2D eigenvalue weighted by Gasteiger charge is -2.23. The van der Waals surface area contributed by atoms with Gasteiger partial charge in [-0.3, -0.25) is 4.79 Å². The standard InChI is InChI=1S/C13H17NO4S/c1-19(17,18)12-6-4-10(5-7-12)13(16)14-8-2-3-11(14)9-15/h4-7,11,15H,2-3,8-9H2,1H3. The number of amides is 1. The molecule has 6 heteroatoms. The molecule has 1 amide bonds. The van der Waals surface area contributed by atoms with Gasteiger partial charge >= 0.3 is 0 Å². The van der Waals surface area contributed by atoms with E-state index in [0.717, 1.165) is 19.1 Å². The number of hydrogen-bond donors (Lipinski definition) is 1. The van der Waals surface area contributed by atoms with Crippen LogP contribution in [0.4, 0.5) is 0 Å². The average molecular weight is 283 g/mol. The molecule has 5 nitrogen and oxygen atoms in total. The summed E-state index contributed by atoms with van der Waals surface area (Å²) in [7, 11) is -3.24. The first-order valence-electron chi connectivity index (χ1n) is 6.15. The van der Waals surface area contributed by atoms with E-state index in [1.807, 2.05) is 0 Å². The number of aliphatic hydroxyl groups excluding tert-OH is 1. The first kappa shape index (κ1) is 14.0. The molecular weight excluding hydrogens is 266 g/mol. The van der Waals surface area contributed by atoms with Crippen molar-refractivity contribution in [3.63, 3.8) is 0 Å². The van der Waals surface area contributed by atoms with Gasteiger partial charge in [-0.25, -0.2) is 8.42 Å². The van der Waals surface area contributed by atoms with Gasteiger partial charge in [-0.1, -0.05) is 0 Å². The first-order valence-corrected chi connectivity index (χ1v) is 8.04. The molecule has 0 saturated carbocycles. The summed E-state index contributed by atoms with van der Waals surface area (Å²) in [6, 6.07) is 5.79. The van der Waals surface area contributed by atoms with Crippen molar-refractivity contribution in [3.8, 4) is 0 Å². The van der Waals surface area contributed by atoms with Crippen LogP contribution in [0.3, 0.4) is 0 Å². The Labute approximate surface area is 112 Å². The summed E-state index contributed by atoms with van der Waals surface area (Å²) >= 11 is 0. The lowest BCUT2D eigenvalue weighted by atomic mass is 10.2. The van der Waals surface area contributed by atoms with Crippen LogP contribution in [0.15, 0.2) is 29.2 Å². The molecule has 1 aromatic rings. The maximum Gasteiger partial charge on any atom is 0.254 e. The van der Waals surface area contributed by atoms with Crippen molar-refractivity contribution in [1.29, 1.82) is 0 Å². The van der Waals surface area contributed by atoms with Gasteiger partial charge in [0.1, 0.15) is 0 Å². The van der Waals surface area contributed by atoms with Crippen molar-refractivity contribution >= 4 is 15.7 Å². The number of hydrogen-bond acceptors (Lipinski definition) is 4. The Morgan fingerprint density at radius 2 is 2.00 bits per heavy atom. The zero-order valence-corrected chi connectivity index (χ0v) is 11.6. The van der Waals surface area contributed by atoms with E-state index in [1.165, 1.54) is 24.3 Å². The second-order valence-electron chi connectivity index (χ2n) is 4.77. The Morgan fingerprint density at radius 1 is 1.37 bits per heavy atom. The summed E-state index contributed by atoms with van der Waals surface area (Å²) < 4.78 is 22.7. The lowest BCUT2D eigenvalue weighted by Crippen LogP contribution is -2.37. The van der Waals surface area contributed by atoms with Crippen LogP contribution in [0.2, 0.25) is 0 Å². The third-order valence-corrected chi connectivity index (χ3v) is 4.51. The van der Waals surface area contributed by atoms with Crippen molar-refractivity contribution in [2.45, 2.75) is 23.8 Å². The molecule has 2 rings (SSSR count). The highest BCUT2D eigenvalue weighted by atomic mass is 32.2. The molecule has 1 unspecified atom stereocenters. The molecule has 1 aliphatic rings. The molecule has 1 fully saturated rings. The van der Waals surface area contributed by atoms with Gasteiger partial charge in [0.15, 0.2) is 9.84 Å². The summed E-state index contributed by atoms with van der Waals surface area (Å²) in [5, 5.41) is 9.21. The summed E-state index contributed by atoms with van der Waals surface area (Å²) in [6.07, 6.45) is 2.83. The number of aliphatic hydroxyl groups is 1. The molecule has 1 aliphatic heterocycles. The maximum atomic E-state index is 12.2. The van der Waals surface area contributed by atoms with Gasteiger partial charge in [0, 0.05) is 18.4 Å². The van der Waals surface area contributed by atoms with Crippen LogP contribution in [-0.2, 0) is 9.84 Å². The Hall–Kier alpha value is -1.40. The zero-order chi connectivity index (χ0) is 14.0. The highest BCUT2D eigenvalue weighted by Gasteiger charge is 2.28. The fourth-order valence-electron chi connectivity index (χ4n) is 2.30. The third kappa shape index (κ3) is 2.96. The van der Waals surface area contributed by atoms with E-state index in [2.05, 4.69) is 0 Å². The Morgan fingerprint density at radius 3 is 2.53 bits per heavy atom. The Kier molecular flexibility index (Phi) is 3.91. The van der Waals surface area contributed by atoms with Crippen molar-refractivity contribution in [2.75, 3.05) is 19.4 Å². The second-order valence-corrected chi connectivity index (χ2v) is 6.79. The van der Waals surface area contributed by atoms with E-state index in [9.17, 15) is 18.3 Å². The largest absolute Gasteiger partial charge is 0.394 e.